The smallest absolute Gasteiger partial charge is 0.407 e. The second-order valence-corrected chi connectivity index (χ2v) is 10.0. The van der Waals surface area contributed by atoms with Gasteiger partial charge >= 0.3 is 6.09 Å². The van der Waals surface area contributed by atoms with Crippen molar-refractivity contribution in [2.24, 2.45) is 0 Å². The average molecular weight is 475 g/mol. The number of nitrogens with one attached hydrogen (secondary N) is 1. The predicted octanol–water partition coefficient (Wildman–Crippen LogP) is 4.68. The third-order valence-electron chi connectivity index (χ3n) is 5.83. The zero-order valence-corrected chi connectivity index (χ0v) is 20.6. The van der Waals surface area contributed by atoms with E-state index in [-0.39, 0.29) is 12.1 Å². The maximum Gasteiger partial charge on any atom is 0.407 e. The molecule has 1 amide bonds. The monoisotopic (exact) mass is 474 g/mol. The molecule has 4 atom stereocenters. The molecular formula is C26H35ClN2O4. The van der Waals surface area contributed by atoms with Crippen molar-refractivity contribution in [1.29, 1.82) is 0 Å². The van der Waals surface area contributed by atoms with Gasteiger partial charge in [0.15, 0.2) is 0 Å². The highest BCUT2D eigenvalue weighted by Gasteiger charge is 2.43. The minimum atomic E-state index is -0.823. The first kappa shape index (κ1) is 25.3. The van der Waals surface area contributed by atoms with Crippen molar-refractivity contribution in [3.05, 3.63) is 65.2 Å². The number of benzene rings is 2. The molecule has 0 spiro atoms. The number of para-hydroxylation sites is 1. The molecule has 1 aliphatic carbocycles. The fraction of sp³-hybridized carbons (Fsp3) is 0.500. The summed E-state index contributed by atoms with van der Waals surface area (Å²) >= 11 is 6.28. The van der Waals surface area contributed by atoms with Crippen LogP contribution >= 0.6 is 11.6 Å². The van der Waals surface area contributed by atoms with E-state index in [0.717, 1.165) is 13.0 Å². The van der Waals surface area contributed by atoms with E-state index in [2.05, 4.69) is 22.3 Å². The van der Waals surface area contributed by atoms with E-state index < -0.39 is 23.9 Å². The van der Waals surface area contributed by atoms with Crippen molar-refractivity contribution < 1.29 is 19.4 Å². The van der Waals surface area contributed by atoms with Gasteiger partial charge in [-0.15, -0.1) is 0 Å². The summed E-state index contributed by atoms with van der Waals surface area (Å²) < 4.78 is 11.6. The lowest BCUT2D eigenvalue weighted by Gasteiger charge is -2.44. The molecule has 1 saturated carbocycles. The van der Waals surface area contributed by atoms with E-state index in [0.29, 0.717) is 23.6 Å². The average Bonchev–Trinajstić information content (AvgIpc) is 2.75. The molecule has 33 heavy (non-hydrogen) atoms. The molecule has 0 unspecified atom stereocenters. The molecular weight excluding hydrogens is 440 g/mol. The Kier molecular flexibility index (Phi) is 8.63. The lowest BCUT2D eigenvalue weighted by molar-refractivity contribution is -0.0609. The minimum Gasteiger partial charge on any atom is -0.486 e. The predicted molar refractivity (Wildman–Crippen MR) is 131 cm³/mol. The Bertz CT molecular complexity index is 903. The van der Waals surface area contributed by atoms with Crippen LogP contribution in [0.4, 0.5) is 4.79 Å². The summed E-state index contributed by atoms with van der Waals surface area (Å²) in [6.45, 7) is 6.22. The summed E-state index contributed by atoms with van der Waals surface area (Å²) in [6.07, 6.45) is 0.311. The van der Waals surface area contributed by atoms with Gasteiger partial charge in [-0.05, 0) is 64.8 Å². The molecule has 2 N–H and O–H groups in total. The molecule has 7 heteroatoms. The van der Waals surface area contributed by atoms with E-state index in [1.165, 1.54) is 5.56 Å². The number of aliphatic hydroxyl groups is 1. The number of hydrogen-bond acceptors (Lipinski definition) is 5. The normalized spacial score (nSPS) is 23.2. The van der Waals surface area contributed by atoms with Gasteiger partial charge in [0.25, 0.3) is 0 Å². The van der Waals surface area contributed by atoms with Crippen LogP contribution in [0.3, 0.4) is 0 Å². The summed E-state index contributed by atoms with van der Waals surface area (Å²) in [5, 5.41) is 14.9. The maximum absolute atomic E-state index is 12.5. The lowest BCUT2D eigenvalue weighted by Crippen LogP contribution is -2.63. The SMILES string of the molecule is CN(CCc1ccccc1)[C@@H]1[C@@H](O)[C@H](Oc2ccccc2Cl)CC[C@H]1NC(=O)OC(C)(C)C. The Morgan fingerprint density at radius 1 is 1.12 bits per heavy atom. The zero-order valence-electron chi connectivity index (χ0n) is 19.8. The van der Waals surface area contributed by atoms with Crippen molar-refractivity contribution in [2.75, 3.05) is 13.6 Å². The largest absolute Gasteiger partial charge is 0.486 e. The van der Waals surface area contributed by atoms with Gasteiger partial charge in [0.1, 0.15) is 23.6 Å². The van der Waals surface area contributed by atoms with E-state index in [1.54, 1.807) is 12.1 Å². The molecule has 180 valence electrons. The Balaban J connectivity index is 1.74. The quantitative estimate of drug-likeness (QED) is 0.609. The van der Waals surface area contributed by atoms with Gasteiger partial charge in [-0.2, -0.15) is 0 Å². The second-order valence-electron chi connectivity index (χ2n) is 9.61. The van der Waals surface area contributed by atoms with Crippen LogP contribution in [0.1, 0.15) is 39.2 Å². The standard InChI is InChI=1S/C26H35ClN2O4/c1-26(2,3)33-25(31)28-20-14-15-22(32-21-13-9-8-12-19(21)27)24(30)23(20)29(4)17-16-18-10-6-5-7-11-18/h5-13,20,22-24,30H,14-17H2,1-4H3,(H,28,31)/t20-,22-,23+,24+/m1/s1. The summed E-state index contributed by atoms with van der Waals surface area (Å²) in [5.41, 5.74) is 0.622. The fourth-order valence-electron chi connectivity index (χ4n) is 4.26. The van der Waals surface area contributed by atoms with Crippen LogP contribution in [0.25, 0.3) is 0 Å². The summed E-state index contributed by atoms with van der Waals surface area (Å²) in [7, 11) is 1.97. The van der Waals surface area contributed by atoms with Gasteiger partial charge in [-0.1, -0.05) is 54.1 Å². The first-order valence-electron chi connectivity index (χ1n) is 11.5. The molecule has 0 bridgehead atoms. The number of carbonyl (C=O) groups is 1. The molecule has 6 nitrogen and oxygen atoms in total. The summed E-state index contributed by atoms with van der Waals surface area (Å²) in [6, 6.07) is 16.8. The minimum absolute atomic E-state index is 0.276. The van der Waals surface area contributed by atoms with Crippen LogP contribution in [0.5, 0.6) is 5.75 Å². The number of halogens is 1. The van der Waals surface area contributed by atoms with Crippen molar-refractivity contribution in [3.63, 3.8) is 0 Å². The van der Waals surface area contributed by atoms with E-state index in [9.17, 15) is 9.90 Å². The van der Waals surface area contributed by atoms with Crippen LogP contribution in [0.2, 0.25) is 5.02 Å². The van der Waals surface area contributed by atoms with Crippen molar-refractivity contribution in [1.82, 2.24) is 10.2 Å². The van der Waals surface area contributed by atoms with Crippen molar-refractivity contribution in [3.8, 4) is 5.75 Å². The van der Waals surface area contributed by atoms with Crippen LogP contribution in [-0.4, -0.2) is 59.6 Å². The number of alkyl carbamates (subject to hydrolysis) is 1. The Morgan fingerprint density at radius 2 is 1.79 bits per heavy atom. The molecule has 0 radical (unpaired) electrons. The van der Waals surface area contributed by atoms with Crippen molar-refractivity contribution >= 4 is 17.7 Å². The van der Waals surface area contributed by atoms with Gasteiger partial charge in [-0.25, -0.2) is 4.79 Å². The number of hydrogen-bond donors (Lipinski definition) is 2. The van der Waals surface area contributed by atoms with Crippen LogP contribution in [0, 0.1) is 0 Å². The fourth-order valence-corrected chi connectivity index (χ4v) is 4.44. The Hall–Kier alpha value is -2.28. The Morgan fingerprint density at radius 3 is 2.45 bits per heavy atom. The molecule has 0 aliphatic heterocycles. The number of aliphatic hydroxyl groups excluding tert-OH is 1. The first-order valence-corrected chi connectivity index (χ1v) is 11.8. The second kappa shape index (κ2) is 11.2. The number of carbonyl (C=O) groups excluding carboxylic acids is 1. The van der Waals surface area contributed by atoms with E-state index in [1.807, 2.05) is 58.2 Å². The van der Waals surface area contributed by atoms with Gasteiger partial charge in [-0.3, -0.25) is 4.90 Å². The number of nitrogens with zero attached hydrogens (tertiary/aromatic N) is 1. The number of likely N-dealkylation sites (N-methyl/N-ethyl adjacent to an activating group) is 1. The van der Waals surface area contributed by atoms with Crippen LogP contribution < -0.4 is 10.1 Å². The van der Waals surface area contributed by atoms with E-state index in [4.69, 9.17) is 21.1 Å². The molecule has 3 rings (SSSR count). The summed E-state index contributed by atoms with van der Waals surface area (Å²) in [5.74, 6) is 0.549. The number of amides is 1. The third-order valence-corrected chi connectivity index (χ3v) is 6.14. The first-order chi connectivity index (χ1) is 15.6. The van der Waals surface area contributed by atoms with Gasteiger partial charge in [0.2, 0.25) is 0 Å². The molecule has 0 saturated heterocycles. The highest BCUT2D eigenvalue weighted by molar-refractivity contribution is 6.32. The topological polar surface area (TPSA) is 71.0 Å². The molecule has 1 aliphatic rings. The number of rotatable bonds is 7. The van der Waals surface area contributed by atoms with Gasteiger partial charge < -0.3 is 19.9 Å². The maximum atomic E-state index is 12.5. The number of ether oxygens (including phenoxy) is 2. The van der Waals surface area contributed by atoms with Gasteiger partial charge in [0.05, 0.1) is 17.1 Å². The third kappa shape index (κ3) is 7.36. The lowest BCUT2D eigenvalue weighted by atomic mass is 9.84. The van der Waals surface area contributed by atoms with Crippen LogP contribution in [0.15, 0.2) is 54.6 Å². The molecule has 2 aromatic carbocycles. The van der Waals surface area contributed by atoms with Gasteiger partial charge in [0, 0.05) is 6.54 Å². The Labute approximate surface area is 201 Å². The molecule has 0 aromatic heterocycles. The van der Waals surface area contributed by atoms with Crippen LogP contribution in [-0.2, 0) is 11.2 Å². The summed E-state index contributed by atoms with van der Waals surface area (Å²) in [4.78, 5) is 14.6. The molecule has 2 aromatic rings. The highest BCUT2D eigenvalue weighted by atomic mass is 35.5. The molecule has 0 heterocycles. The van der Waals surface area contributed by atoms with E-state index >= 15 is 0 Å². The molecule has 1 fully saturated rings. The highest BCUT2D eigenvalue weighted by Crippen LogP contribution is 2.31. The zero-order chi connectivity index (χ0) is 24.0. The van der Waals surface area contributed by atoms with Crippen molar-refractivity contribution in [2.45, 2.75) is 69.9 Å².